The van der Waals surface area contributed by atoms with Gasteiger partial charge in [0, 0.05) is 48.4 Å². The van der Waals surface area contributed by atoms with Crippen LogP contribution in [0, 0.1) is 5.41 Å². The van der Waals surface area contributed by atoms with Crippen LogP contribution in [0.2, 0.25) is 0 Å². The van der Waals surface area contributed by atoms with E-state index in [0.717, 1.165) is 37.6 Å². The van der Waals surface area contributed by atoms with Gasteiger partial charge < -0.3 is 25.0 Å². The van der Waals surface area contributed by atoms with Crippen molar-refractivity contribution < 1.29 is 19.4 Å². The van der Waals surface area contributed by atoms with E-state index in [1.54, 1.807) is 31.4 Å². The van der Waals surface area contributed by atoms with Crippen molar-refractivity contribution in [2.24, 2.45) is 5.41 Å². The number of ether oxygens (including phenoxy) is 1. The SMILES string of the molecule is COc1ccc(N2CCN(c3cc(C(=O)O)c4cc(NC(=O)C(C)(C)C)ccc4n3)CC2)cc1. The van der Waals surface area contributed by atoms with Crippen LogP contribution in [0.4, 0.5) is 17.2 Å². The number of nitrogens with one attached hydrogen (secondary N) is 1. The molecule has 2 N–H and O–H groups in total. The summed E-state index contributed by atoms with van der Waals surface area (Å²) >= 11 is 0. The Labute approximate surface area is 199 Å². The Kier molecular flexibility index (Phi) is 6.32. The first kappa shape index (κ1) is 23.4. The maximum Gasteiger partial charge on any atom is 0.336 e. The molecule has 0 radical (unpaired) electrons. The summed E-state index contributed by atoms with van der Waals surface area (Å²) in [5.41, 5.74) is 1.88. The molecule has 0 aliphatic carbocycles. The number of aromatic nitrogens is 1. The van der Waals surface area contributed by atoms with E-state index in [0.29, 0.717) is 22.4 Å². The quantitative estimate of drug-likeness (QED) is 0.585. The molecule has 2 aromatic carbocycles. The molecule has 34 heavy (non-hydrogen) atoms. The van der Waals surface area contributed by atoms with Gasteiger partial charge in [0.05, 0.1) is 18.2 Å². The maximum atomic E-state index is 12.4. The molecule has 0 unspecified atom stereocenters. The molecule has 1 aliphatic heterocycles. The lowest BCUT2D eigenvalue weighted by molar-refractivity contribution is -0.123. The van der Waals surface area contributed by atoms with Crippen molar-refractivity contribution in [3.63, 3.8) is 0 Å². The second-order valence-corrected chi connectivity index (χ2v) is 9.44. The number of carboxylic acids is 1. The summed E-state index contributed by atoms with van der Waals surface area (Å²) in [5.74, 6) is 0.309. The average Bonchev–Trinajstić information content (AvgIpc) is 2.83. The van der Waals surface area contributed by atoms with Crippen molar-refractivity contribution in [2.75, 3.05) is 48.4 Å². The summed E-state index contributed by atoms with van der Waals surface area (Å²) in [6, 6.07) is 14.8. The molecule has 8 heteroatoms. The zero-order chi connectivity index (χ0) is 24.5. The molecule has 0 saturated carbocycles. The van der Waals surface area contributed by atoms with Crippen LogP contribution in [-0.2, 0) is 4.79 Å². The van der Waals surface area contributed by atoms with Gasteiger partial charge in [-0.25, -0.2) is 9.78 Å². The number of benzene rings is 2. The third-order valence-electron chi connectivity index (χ3n) is 6.01. The number of piperazine rings is 1. The van der Waals surface area contributed by atoms with E-state index in [-0.39, 0.29) is 11.5 Å². The molecule has 178 valence electrons. The number of carboxylic acid groups (broad SMARTS) is 1. The molecule has 1 aliphatic rings. The van der Waals surface area contributed by atoms with E-state index < -0.39 is 11.4 Å². The number of anilines is 3. The van der Waals surface area contributed by atoms with Gasteiger partial charge in [-0.05, 0) is 48.5 Å². The maximum absolute atomic E-state index is 12.4. The summed E-state index contributed by atoms with van der Waals surface area (Å²) in [6.45, 7) is 8.53. The van der Waals surface area contributed by atoms with Gasteiger partial charge in [-0.15, -0.1) is 0 Å². The van der Waals surface area contributed by atoms with E-state index in [2.05, 4.69) is 15.1 Å². The Balaban J connectivity index is 1.55. The highest BCUT2D eigenvalue weighted by molar-refractivity contribution is 6.05. The minimum absolute atomic E-state index is 0.136. The monoisotopic (exact) mass is 462 g/mol. The highest BCUT2D eigenvalue weighted by Crippen LogP contribution is 2.28. The number of carbonyl (C=O) groups excluding carboxylic acids is 1. The molecule has 8 nitrogen and oxygen atoms in total. The summed E-state index contributed by atoms with van der Waals surface area (Å²) in [6.07, 6.45) is 0. The fourth-order valence-corrected chi connectivity index (χ4v) is 3.93. The zero-order valence-electron chi connectivity index (χ0n) is 20.0. The number of rotatable bonds is 5. The van der Waals surface area contributed by atoms with Crippen molar-refractivity contribution in [2.45, 2.75) is 20.8 Å². The lowest BCUT2D eigenvalue weighted by Gasteiger charge is -2.37. The van der Waals surface area contributed by atoms with Crippen LogP contribution in [0.3, 0.4) is 0 Å². The van der Waals surface area contributed by atoms with Crippen molar-refractivity contribution in [1.82, 2.24) is 4.98 Å². The summed E-state index contributed by atoms with van der Waals surface area (Å²) in [5, 5.41) is 13.3. The first-order chi connectivity index (χ1) is 16.2. The minimum atomic E-state index is -1.02. The highest BCUT2D eigenvalue weighted by Gasteiger charge is 2.23. The van der Waals surface area contributed by atoms with E-state index in [4.69, 9.17) is 9.72 Å². The molecular weight excluding hydrogens is 432 g/mol. The standard InChI is InChI=1S/C26H30N4O4/c1-26(2,3)25(33)27-17-5-10-22-20(15-17)21(24(31)32)16-23(28-22)30-13-11-29(12-14-30)18-6-8-19(34-4)9-7-18/h5-10,15-16H,11-14H2,1-4H3,(H,27,33)(H,31,32). The van der Waals surface area contributed by atoms with Crippen LogP contribution in [0.5, 0.6) is 5.75 Å². The normalized spacial score (nSPS) is 14.2. The van der Waals surface area contributed by atoms with Crippen molar-refractivity contribution in [3.05, 3.63) is 54.1 Å². The van der Waals surface area contributed by atoms with Crippen LogP contribution in [0.1, 0.15) is 31.1 Å². The number of fused-ring (bicyclic) bond motifs is 1. The second kappa shape index (κ2) is 9.21. The van der Waals surface area contributed by atoms with Gasteiger partial charge in [-0.1, -0.05) is 20.8 Å². The summed E-state index contributed by atoms with van der Waals surface area (Å²) < 4.78 is 5.23. The third-order valence-corrected chi connectivity index (χ3v) is 6.01. The van der Waals surface area contributed by atoms with Gasteiger partial charge >= 0.3 is 5.97 Å². The smallest absolute Gasteiger partial charge is 0.336 e. The predicted octanol–water partition coefficient (Wildman–Crippen LogP) is 4.25. The predicted molar refractivity (Wildman–Crippen MR) is 134 cm³/mol. The molecule has 1 fully saturated rings. The molecule has 0 atom stereocenters. The van der Waals surface area contributed by atoms with Gasteiger partial charge in [-0.3, -0.25) is 4.79 Å². The topological polar surface area (TPSA) is 95.0 Å². The highest BCUT2D eigenvalue weighted by atomic mass is 16.5. The van der Waals surface area contributed by atoms with Crippen molar-refractivity contribution in [1.29, 1.82) is 0 Å². The molecule has 4 rings (SSSR count). The van der Waals surface area contributed by atoms with Crippen molar-refractivity contribution >= 4 is 40.0 Å². The number of hydrogen-bond acceptors (Lipinski definition) is 6. The van der Waals surface area contributed by atoms with Crippen LogP contribution in [0.15, 0.2) is 48.5 Å². The van der Waals surface area contributed by atoms with Gasteiger partial charge in [-0.2, -0.15) is 0 Å². The molecule has 3 aromatic rings. The molecule has 0 bridgehead atoms. The zero-order valence-corrected chi connectivity index (χ0v) is 20.0. The van der Waals surface area contributed by atoms with E-state index in [1.165, 1.54) is 0 Å². The molecular formula is C26H30N4O4. The number of carbonyl (C=O) groups is 2. The van der Waals surface area contributed by atoms with Gasteiger partial charge in [0.15, 0.2) is 0 Å². The Morgan fingerprint density at radius 2 is 1.62 bits per heavy atom. The number of hydrogen-bond donors (Lipinski definition) is 2. The number of pyridine rings is 1. The van der Waals surface area contributed by atoms with Crippen LogP contribution >= 0.6 is 0 Å². The molecule has 1 saturated heterocycles. The first-order valence-electron chi connectivity index (χ1n) is 11.3. The van der Waals surface area contributed by atoms with E-state index >= 15 is 0 Å². The molecule has 1 amide bonds. The Morgan fingerprint density at radius 1 is 0.971 bits per heavy atom. The number of nitrogens with zero attached hydrogens (tertiary/aromatic N) is 3. The van der Waals surface area contributed by atoms with Crippen molar-refractivity contribution in [3.8, 4) is 5.75 Å². The van der Waals surface area contributed by atoms with Crippen LogP contribution < -0.4 is 19.9 Å². The van der Waals surface area contributed by atoms with E-state index in [1.807, 2.05) is 45.0 Å². The number of amides is 1. The first-order valence-corrected chi connectivity index (χ1v) is 11.3. The van der Waals surface area contributed by atoms with Crippen LogP contribution in [-0.4, -0.2) is 55.3 Å². The molecule has 0 spiro atoms. The number of methoxy groups -OCH3 is 1. The van der Waals surface area contributed by atoms with Gasteiger partial charge in [0.2, 0.25) is 5.91 Å². The Morgan fingerprint density at radius 3 is 2.21 bits per heavy atom. The number of aromatic carboxylic acids is 1. The molecule has 1 aromatic heterocycles. The lowest BCUT2D eigenvalue weighted by Crippen LogP contribution is -2.46. The minimum Gasteiger partial charge on any atom is -0.497 e. The summed E-state index contributed by atoms with van der Waals surface area (Å²) in [4.78, 5) is 33.6. The molecule has 2 heterocycles. The fraction of sp³-hybridized carbons (Fsp3) is 0.346. The summed E-state index contributed by atoms with van der Waals surface area (Å²) in [7, 11) is 1.65. The average molecular weight is 463 g/mol. The lowest BCUT2D eigenvalue weighted by atomic mass is 9.95. The second-order valence-electron chi connectivity index (χ2n) is 9.44. The fourth-order valence-electron chi connectivity index (χ4n) is 3.93. The largest absolute Gasteiger partial charge is 0.497 e. The Bertz CT molecular complexity index is 1210. The van der Waals surface area contributed by atoms with E-state index in [9.17, 15) is 14.7 Å². The van der Waals surface area contributed by atoms with Gasteiger partial charge in [0.1, 0.15) is 11.6 Å². The van der Waals surface area contributed by atoms with Gasteiger partial charge in [0.25, 0.3) is 0 Å². The van der Waals surface area contributed by atoms with Crippen LogP contribution in [0.25, 0.3) is 10.9 Å². The third kappa shape index (κ3) is 4.90. The Hall–Kier alpha value is -3.81.